The van der Waals surface area contributed by atoms with Gasteiger partial charge in [-0.2, -0.15) is 0 Å². The standard InChI is InChI=1S/C28H23N3O5/c1-35-17-9-7-8-16(14-17)25-24-20(18-10-3-5-12-21(18)29-24)15-23-26(32)31(28(34)30(23)25)22-13-6-4-11-19(22)27(33)36-2/h3-14,23,25,29H,15H2,1-2H3/t23-,25?/m0/s1. The zero-order chi connectivity index (χ0) is 25.0. The number of aromatic amines is 1. The first-order chi connectivity index (χ1) is 17.5. The molecule has 2 atom stereocenters. The molecule has 1 unspecified atom stereocenters. The Bertz CT molecular complexity index is 1540. The molecule has 3 amide bonds. The fourth-order valence-corrected chi connectivity index (χ4v) is 5.41. The van der Waals surface area contributed by atoms with Crippen LogP contribution in [0.5, 0.6) is 5.75 Å². The zero-order valence-corrected chi connectivity index (χ0v) is 19.7. The lowest BCUT2D eigenvalue weighted by Crippen LogP contribution is -2.44. The second-order valence-corrected chi connectivity index (χ2v) is 8.83. The average Bonchev–Trinajstić information content (AvgIpc) is 3.41. The van der Waals surface area contributed by atoms with Gasteiger partial charge < -0.3 is 14.5 Å². The molecule has 3 aromatic carbocycles. The second kappa shape index (κ2) is 8.27. The number of benzene rings is 3. The monoisotopic (exact) mass is 481 g/mol. The molecule has 0 spiro atoms. The maximum Gasteiger partial charge on any atom is 0.339 e. The summed E-state index contributed by atoms with van der Waals surface area (Å²) >= 11 is 0. The van der Waals surface area contributed by atoms with Gasteiger partial charge in [0.05, 0.1) is 25.5 Å². The maximum atomic E-state index is 14.0. The SMILES string of the molecule is COC(=O)c1ccccc1N1C(=O)[C@@H]2Cc3c([nH]c4ccccc34)C(c3cccc(OC)c3)N2C1=O. The minimum absolute atomic E-state index is 0.156. The van der Waals surface area contributed by atoms with Gasteiger partial charge in [0, 0.05) is 23.0 Å². The summed E-state index contributed by atoms with van der Waals surface area (Å²) in [5.74, 6) is -0.338. The lowest BCUT2D eigenvalue weighted by Gasteiger charge is -2.36. The van der Waals surface area contributed by atoms with Crippen molar-refractivity contribution in [2.75, 3.05) is 19.1 Å². The Balaban J connectivity index is 1.54. The molecule has 6 rings (SSSR count). The molecule has 180 valence electrons. The third kappa shape index (κ3) is 3.11. The minimum atomic E-state index is -0.730. The zero-order valence-electron chi connectivity index (χ0n) is 19.7. The van der Waals surface area contributed by atoms with E-state index >= 15 is 0 Å². The third-order valence-electron chi connectivity index (χ3n) is 7.01. The van der Waals surface area contributed by atoms with Crippen LogP contribution in [0.25, 0.3) is 10.9 Å². The number of urea groups is 1. The van der Waals surface area contributed by atoms with Crippen LogP contribution in [0.3, 0.4) is 0 Å². The largest absolute Gasteiger partial charge is 0.497 e. The summed E-state index contributed by atoms with van der Waals surface area (Å²) < 4.78 is 10.4. The van der Waals surface area contributed by atoms with E-state index in [1.54, 1.807) is 36.3 Å². The van der Waals surface area contributed by atoms with Gasteiger partial charge in [0.2, 0.25) is 0 Å². The van der Waals surface area contributed by atoms with E-state index in [0.717, 1.165) is 32.6 Å². The van der Waals surface area contributed by atoms with E-state index in [1.807, 2.05) is 48.5 Å². The summed E-state index contributed by atoms with van der Waals surface area (Å²) in [4.78, 5) is 46.6. The number of rotatable bonds is 4. The van der Waals surface area contributed by atoms with Crippen molar-refractivity contribution >= 4 is 34.5 Å². The number of fused-ring (bicyclic) bond motifs is 4. The van der Waals surface area contributed by atoms with Gasteiger partial charge in [-0.25, -0.2) is 14.5 Å². The highest BCUT2D eigenvalue weighted by Gasteiger charge is 2.53. The number of imide groups is 1. The quantitative estimate of drug-likeness (QED) is 0.344. The van der Waals surface area contributed by atoms with Crippen molar-refractivity contribution < 1.29 is 23.9 Å². The first-order valence-electron chi connectivity index (χ1n) is 11.6. The second-order valence-electron chi connectivity index (χ2n) is 8.83. The molecule has 8 heteroatoms. The van der Waals surface area contributed by atoms with Gasteiger partial charge in [-0.15, -0.1) is 0 Å². The molecule has 2 aliphatic heterocycles. The molecule has 0 radical (unpaired) electrons. The number of amides is 3. The number of carbonyl (C=O) groups excluding carboxylic acids is 3. The van der Waals surface area contributed by atoms with Gasteiger partial charge in [0.15, 0.2) is 0 Å². The van der Waals surface area contributed by atoms with Crippen molar-refractivity contribution in [2.24, 2.45) is 0 Å². The lowest BCUT2D eigenvalue weighted by atomic mass is 9.89. The van der Waals surface area contributed by atoms with Gasteiger partial charge >= 0.3 is 12.0 Å². The van der Waals surface area contributed by atoms with E-state index < -0.39 is 24.1 Å². The Hall–Kier alpha value is -4.59. The molecular formula is C28H23N3O5. The summed E-state index contributed by atoms with van der Waals surface area (Å²) in [5.41, 5.74) is 4.00. The van der Waals surface area contributed by atoms with E-state index in [-0.39, 0.29) is 17.2 Å². The van der Waals surface area contributed by atoms with Crippen molar-refractivity contribution in [3.05, 3.63) is 95.2 Å². The number of H-pyrrole nitrogens is 1. The number of nitrogens with zero attached hydrogens (tertiary/aromatic N) is 2. The number of hydrogen-bond acceptors (Lipinski definition) is 5. The lowest BCUT2D eigenvalue weighted by molar-refractivity contribution is -0.120. The van der Waals surface area contributed by atoms with E-state index in [9.17, 15) is 14.4 Å². The van der Waals surface area contributed by atoms with Crippen LogP contribution >= 0.6 is 0 Å². The van der Waals surface area contributed by atoms with E-state index in [4.69, 9.17) is 9.47 Å². The van der Waals surface area contributed by atoms with E-state index in [1.165, 1.54) is 7.11 Å². The van der Waals surface area contributed by atoms with Crippen LogP contribution < -0.4 is 9.64 Å². The first kappa shape index (κ1) is 21.9. The van der Waals surface area contributed by atoms with E-state index in [2.05, 4.69) is 4.98 Å². The topological polar surface area (TPSA) is 91.9 Å². The van der Waals surface area contributed by atoms with Crippen molar-refractivity contribution in [3.8, 4) is 5.75 Å². The molecular weight excluding hydrogens is 458 g/mol. The molecule has 1 N–H and O–H groups in total. The normalized spacial score (nSPS) is 18.8. The molecule has 1 aromatic heterocycles. The van der Waals surface area contributed by atoms with Gasteiger partial charge in [-0.1, -0.05) is 42.5 Å². The van der Waals surface area contributed by atoms with Crippen molar-refractivity contribution in [1.82, 2.24) is 9.88 Å². The van der Waals surface area contributed by atoms with Crippen LogP contribution in [-0.4, -0.2) is 48.1 Å². The van der Waals surface area contributed by atoms with Gasteiger partial charge in [0.1, 0.15) is 17.8 Å². The highest BCUT2D eigenvalue weighted by molar-refractivity contribution is 6.23. The summed E-state index contributed by atoms with van der Waals surface area (Å²) in [6, 6.07) is 20.2. The van der Waals surface area contributed by atoms with Gasteiger partial charge in [-0.05, 0) is 41.5 Å². The van der Waals surface area contributed by atoms with E-state index in [0.29, 0.717) is 12.2 Å². The van der Waals surface area contributed by atoms with Crippen LogP contribution in [0.4, 0.5) is 10.5 Å². The Kier molecular flexibility index (Phi) is 5.03. The number of para-hydroxylation sites is 2. The summed E-state index contributed by atoms with van der Waals surface area (Å²) in [7, 11) is 2.86. The van der Waals surface area contributed by atoms with Crippen LogP contribution in [0.2, 0.25) is 0 Å². The number of carbonyl (C=O) groups is 3. The highest BCUT2D eigenvalue weighted by atomic mass is 16.5. The summed E-state index contributed by atoms with van der Waals surface area (Å²) in [6.45, 7) is 0. The number of ether oxygens (including phenoxy) is 2. The third-order valence-corrected chi connectivity index (χ3v) is 7.01. The fraction of sp³-hybridized carbons (Fsp3) is 0.179. The molecule has 1 fully saturated rings. The number of esters is 1. The number of aromatic nitrogens is 1. The van der Waals surface area contributed by atoms with Crippen molar-refractivity contribution in [1.29, 1.82) is 0 Å². The Morgan fingerprint density at radius 1 is 0.972 bits per heavy atom. The molecule has 2 aliphatic rings. The predicted octanol–water partition coefficient (Wildman–Crippen LogP) is 4.45. The van der Waals surface area contributed by atoms with Crippen LogP contribution in [0.1, 0.15) is 33.2 Å². The van der Waals surface area contributed by atoms with Gasteiger partial charge in [-0.3, -0.25) is 9.69 Å². The van der Waals surface area contributed by atoms with Crippen LogP contribution in [0.15, 0.2) is 72.8 Å². The fourth-order valence-electron chi connectivity index (χ4n) is 5.41. The van der Waals surface area contributed by atoms with Crippen LogP contribution in [-0.2, 0) is 16.0 Å². The molecule has 0 saturated carbocycles. The first-order valence-corrected chi connectivity index (χ1v) is 11.6. The predicted molar refractivity (Wildman–Crippen MR) is 133 cm³/mol. The highest BCUT2D eigenvalue weighted by Crippen LogP contribution is 2.45. The Morgan fingerprint density at radius 3 is 2.56 bits per heavy atom. The average molecular weight is 482 g/mol. The number of hydrogen-bond donors (Lipinski definition) is 1. The summed E-state index contributed by atoms with van der Waals surface area (Å²) in [5, 5.41) is 1.02. The molecule has 8 nitrogen and oxygen atoms in total. The molecule has 3 heterocycles. The number of anilines is 1. The number of methoxy groups -OCH3 is 2. The molecule has 4 aromatic rings. The van der Waals surface area contributed by atoms with Crippen molar-refractivity contribution in [3.63, 3.8) is 0 Å². The van der Waals surface area contributed by atoms with Crippen molar-refractivity contribution in [2.45, 2.75) is 18.5 Å². The smallest absolute Gasteiger partial charge is 0.339 e. The Morgan fingerprint density at radius 2 is 1.75 bits per heavy atom. The molecule has 1 saturated heterocycles. The maximum absolute atomic E-state index is 14.0. The number of nitrogens with one attached hydrogen (secondary N) is 1. The molecule has 36 heavy (non-hydrogen) atoms. The van der Waals surface area contributed by atoms with Crippen LogP contribution in [0, 0.1) is 0 Å². The minimum Gasteiger partial charge on any atom is -0.497 e. The summed E-state index contributed by atoms with van der Waals surface area (Å²) in [6.07, 6.45) is 0.362. The Labute approximate surface area is 207 Å². The van der Waals surface area contributed by atoms with Gasteiger partial charge in [0.25, 0.3) is 5.91 Å². The molecule has 0 bridgehead atoms. The molecule has 0 aliphatic carbocycles.